The summed E-state index contributed by atoms with van der Waals surface area (Å²) in [5.41, 5.74) is 1.21. The number of hydrogen-bond donors (Lipinski definition) is 0. The first-order valence-corrected chi connectivity index (χ1v) is 7.88. The Morgan fingerprint density at radius 2 is 1.76 bits per heavy atom. The number of ketones is 1. The zero-order valence-electron chi connectivity index (χ0n) is 14.2. The van der Waals surface area contributed by atoms with Gasteiger partial charge < -0.3 is 14.2 Å². The molecule has 0 N–H and O–H groups in total. The molecule has 0 spiro atoms. The molecule has 25 heavy (non-hydrogen) atoms. The van der Waals surface area contributed by atoms with Gasteiger partial charge in [0.1, 0.15) is 11.5 Å². The minimum absolute atomic E-state index is 0.276. The Bertz CT molecular complexity index is 747. The maximum Gasteiger partial charge on any atom is 0.331 e. The molecule has 0 atom stereocenters. The molecule has 0 fully saturated rings. The summed E-state index contributed by atoms with van der Waals surface area (Å²) >= 11 is 0. The van der Waals surface area contributed by atoms with Crippen LogP contribution in [0.25, 0.3) is 6.08 Å². The van der Waals surface area contributed by atoms with Crippen molar-refractivity contribution < 1.29 is 23.8 Å². The number of Topliss-reactive ketones (excluding diaryl/α,β-unsaturated/α-hetero) is 1. The summed E-state index contributed by atoms with van der Waals surface area (Å²) in [6, 6.07) is 14.0. The van der Waals surface area contributed by atoms with Crippen molar-refractivity contribution in [3.63, 3.8) is 0 Å². The maximum absolute atomic E-state index is 12.0. The first kappa shape index (κ1) is 18.3. The normalized spacial score (nSPS) is 10.5. The number of carbonyl (C=O) groups excluding carboxylic acids is 2. The molecule has 2 rings (SSSR count). The average Bonchev–Trinajstić information content (AvgIpc) is 2.65. The van der Waals surface area contributed by atoms with E-state index in [1.54, 1.807) is 43.5 Å². The van der Waals surface area contributed by atoms with E-state index >= 15 is 0 Å². The van der Waals surface area contributed by atoms with Gasteiger partial charge in [-0.15, -0.1) is 0 Å². The topological polar surface area (TPSA) is 61.8 Å². The largest absolute Gasteiger partial charge is 0.496 e. The van der Waals surface area contributed by atoms with Crippen LogP contribution in [0.15, 0.2) is 54.6 Å². The highest BCUT2D eigenvalue weighted by atomic mass is 16.5. The minimum atomic E-state index is -0.592. The molecule has 0 heterocycles. The van der Waals surface area contributed by atoms with Crippen molar-refractivity contribution in [3.05, 3.63) is 65.7 Å². The predicted octanol–water partition coefficient (Wildman–Crippen LogP) is 3.53. The molecule has 0 aliphatic carbocycles. The highest BCUT2D eigenvalue weighted by Crippen LogP contribution is 2.18. The average molecular weight is 340 g/mol. The van der Waals surface area contributed by atoms with Crippen molar-refractivity contribution in [2.24, 2.45) is 0 Å². The third-order valence-electron chi connectivity index (χ3n) is 3.37. The third kappa shape index (κ3) is 5.49. The van der Waals surface area contributed by atoms with Crippen LogP contribution in [0, 0.1) is 0 Å². The Kier molecular flexibility index (Phi) is 6.77. The molecule has 130 valence electrons. The molecular weight excluding hydrogens is 320 g/mol. The van der Waals surface area contributed by atoms with Crippen LogP contribution in [0.4, 0.5) is 0 Å². The van der Waals surface area contributed by atoms with Crippen LogP contribution in [0.5, 0.6) is 11.5 Å². The fourth-order valence-corrected chi connectivity index (χ4v) is 2.13. The molecule has 0 aromatic heterocycles. The minimum Gasteiger partial charge on any atom is -0.496 e. The molecule has 0 saturated heterocycles. The lowest BCUT2D eigenvalue weighted by molar-refractivity contribution is -0.136. The number of benzene rings is 2. The van der Waals surface area contributed by atoms with E-state index in [4.69, 9.17) is 14.2 Å². The number of methoxy groups -OCH3 is 1. The van der Waals surface area contributed by atoms with Gasteiger partial charge in [-0.2, -0.15) is 0 Å². The second-order valence-electron chi connectivity index (χ2n) is 5.06. The SMILES string of the molecule is CCOc1ccc(C(=O)COC(=O)/C=C/c2ccccc2OC)cc1. The van der Waals surface area contributed by atoms with Crippen LogP contribution in [-0.2, 0) is 9.53 Å². The zero-order chi connectivity index (χ0) is 18.1. The summed E-state index contributed by atoms with van der Waals surface area (Å²) in [4.78, 5) is 23.8. The molecule has 0 saturated carbocycles. The fraction of sp³-hybridized carbons (Fsp3) is 0.200. The van der Waals surface area contributed by atoms with E-state index in [9.17, 15) is 9.59 Å². The van der Waals surface area contributed by atoms with E-state index in [2.05, 4.69) is 0 Å². The number of esters is 1. The molecule has 0 radical (unpaired) electrons. The monoisotopic (exact) mass is 340 g/mol. The van der Waals surface area contributed by atoms with Crippen molar-refractivity contribution in [3.8, 4) is 11.5 Å². The summed E-state index contributed by atoms with van der Waals surface area (Å²) in [5.74, 6) is 0.472. The Hall–Kier alpha value is -3.08. The summed E-state index contributed by atoms with van der Waals surface area (Å²) in [7, 11) is 1.56. The van der Waals surface area contributed by atoms with Gasteiger partial charge in [-0.05, 0) is 43.3 Å². The van der Waals surface area contributed by atoms with E-state index in [-0.39, 0.29) is 12.4 Å². The van der Waals surface area contributed by atoms with Crippen LogP contribution >= 0.6 is 0 Å². The smallest absolute Gasteiger partial charge is 0.331 e. The van der Waals surface area contributed by atoms with Crippen LogP contribution in [0.2, 0.25) is 0 Å². The number of carbonyl (C=O) groups is 2. The van der Waals surface area contributed by atoms with Gasteiger partial charge in [0, 0.05) is 17.2 Å². The van der Waals surface area contributed by atoms with Gasteiger partial charge in [-0.25, -0.2) is 4.79 Å². The first-order valence-electron chi connectivity index (χ1n) is 7.88. The van der Waals surface area contributed by atoms with Crippen molar-refractivity contribution in [2.45, 2.75) is 6.92 Å². The Morgan fingerprint density at radius 3 is 2.44 bits per heavy atom. The predicted molar refractivity (Wildman–Crippen MR) is 94.9 cm³/mol. The number of rotatable bonds is 8. The molecule has 0 amide bonds. The number of para-hydroxylation sites is 1. The molecule has 2 aromatic rings. The molecule has 5 heteroatoms. The van der Waals surface area contributed by atoms with Crippen molar-refractivity contribution >= 4 is 17.8 Å². The van der Waals surface area contributed by atoms with Crippen LogP contribution in [0.1, 0.15) is 22.8 Å². The number of hydrogen-bond acceptors (Lipinski definition) is 5. The number of ether oxygens (including phenoxy) is 3. The lowest BCUT2D eigenvalue weighted by atomic mass is 10.1. The summed E-state index contributed by atoms with van der Waals surface area (Å²) in [5, 5.41) is 0. The van der Waals surface area contributed by atoms with E-state index in [0.717, 1.165) is 5.56 Å². The highest BCUT2D eigenvalue weighted by molar-refractivity contribution is 5.99. The van der Waals surface area contributed by atoms with E-state index in [0.29, 0.717) is 23.7 Å². The van der Waals surface area contributed by atoms with Gasteiger partial charge in [-0.1, -0.05) is 18.2 Å². The highest BCUT2D eigenvalue weighted by Gasteiger charge is 2.09. The van der Waals surface area contributed by atoms with E-state index in [1.165, 1.54) is 6.08 Å². The lowest BCUT2D eigenvalue weighted by Gasteiger charge is -2.05. The maximum atomic E-state index is 12.0. The Morgan fingerprint density at radius 1 is 1.04 bits per heavy atom. The second kappa shape index (κ2) is 9.27. The van der Waals surface area contributed by atoms with Crippen molar-refractivity contribution in [2.75, 3.05) is 20.3 Å². The molecule has 0 unspecified atom stereocenters. The van der Waals surface area contributed by atoms with Gasteiger partial charge in [0.05, 0.1) is 13.7 Å². The van der Waals surface area contributed by atoms with Gasteiger partial charge in [0.15, 0.2) is 12.4 Å². The molecular formula is C20H20O5. The first-order chi connectivity index (χ1) is 12.1. The molecule has 0 aliphatic heterocycles. The molecule has 5 nitrogen and oxygen atoms in total. The third-order valence-corrected chi connectivity index (χ3v) is 3.37. The van der Waals surface area contributed by atoms with Crippen LogP contribution in [0.3, 0.4) is 0 Å². The molecule has 0 bridgehead atoms. The fourth-order valence-electron chi connectivity index (χ4n) is 2.13. The second-order valence-corrected chi connectivity index (χ2v) is 5.06. The van der Waals surface area contributed by atoms with Crippen LogP contribution in [-0.4, -0.2) is 32.1 Å². The summed E-state index contributed by atoms with van der Waals surface area (Å²) in [6.45, 7) is 2.13. The Labute approximate surface area is 146 Å². The van der Waals surface area contributed by atoms with Gasteiger partial charge >= 0.3 is 5.97 Å². The lowest BCUT2D eigenvalue weighted by Crippen LogP contribution is -2.12. The zero-order valence-corrected chi connectivity index (χ0v) is 14.2. The van der Waals surface area contributed by atoms with Gasteiger partial charge in [0.2, 0.25) is 0 Å². The van der Waals surface area contributed by atoms with E-state index < -0.39 is 5.97 Å². The van der Waals surface area contributed by atoms with Gasteiger partial charge in [0.25, 0.3) is 0 Å². The molecule has 0 aliphatic rings. The van der Waals surface area contributed by atoms with E-state index in [1.807, 2.05) is 25.1 Å². The summed E-state index contributed by atoms with van der Waals surface area (Å²) in [6.07, 6.45) is 2.85. The van der Waals surface area contributed by atoms with Crippen molar-refractivity contribution in [1.82, 2.24) is 0 Å². The standard InChI is InChI=1S/C20H20O5/c1-3-24-17-11-8-15(9-12-17)18(21)14-25-20(22)13-10-16-6-4-5-7-19(16)23-2/h4-13H,3,14H2,1-2H3/b13-10+. The summed E-state index contributed by atoms with van der Waals surface area (Å²) < 4.78 is 15.5. The van der Waals surface area contributed by atoms with Crippen LogP contribution < -0.4 is 9.47 Å². The van der Waals surface area contributed by atoms with Gasteiger partial charge in [-0.3, -0.25) is 4.79 Å². The Balaban J connectivity index is 1.88. The quantitative estimate of drug-likeness (QED) is 0.418. The molecule has 2 aromatic carbocycles. The van der Waals surface area contributed by atoms with Crippen molar-refractivity contribution in [1.29, 1.82) is 0 Å².